The SMILES string of the molecule is CCOc1cc(C2/C(=C(\O)c3cc(F)ccc3OC)C(=O)C(=O)N2c2ccc(F)cc2F)ccc1OC. The maximum atomic E-state index is 14.9. The van der Waals surface area contributed by atoms with Gasteiger partial charge in [-0.15, -0.1) is 0 Å². The number of benzene rings is 3. The molecule has 10 heteroatoms. The van der Waals surface area contributed by atoms with Crippen molar-refractivity contribution >= 4 is 23.1 Å². The van der Waals surface area contributed by atoms with Crippen LogP contribution in [0.25, 0.3) is 5.76 Å². The molecule has 1 aliphatic heterocycles. The molecule has 7 nitrogen and oxygen atoms in total. The van der Waals surface area contributed by atoms with Crippen LogP contribution in [0.2, 0.25) is 0 Å². The van der Waals surface area contributed by atoms with E-state index in [9.17, 15) is 27.9 Å². The van der Waals surface area contributed by atoms with E-state index in [-0.39, 0.29) is 29.2 Å². The topological polar surface area (TPSA) is 85.3 Å². The highest BCUT2D eigenvalue weighted by atomic mass is 19.1. The van der Waals surface area contributed by atoms with Crippen LogP contribution in [0.4, 0.5) is 18.9 Å². The Hall–Kier alpha value is -4.47. The molecule has 1 saturated heterocycles. The van der Waals surface area contributed by atoms with Crippen molar-refractivity contribution in [3.8, 4) is 17.2 Å². The van der Waals surface area contributed by atoms with Gasteiger partial charge in [-0.3, -0.25) is 14.5 Å². The van der Waals surface area contributed by atoms with E-state index in [1.54, 1.807) is 6.92 Å². The molecule has 1 heterocycles. The number of methoxy groups -OCH3 is 2. The number of aliphatic hydroxyl groups is 1. The number of carbonyl (C=O) groups excluding carboxylic acids is 2. The minimum absolute atomic E-state index is 0.0292. The highest BCUT2D eigenvalue weighted by Crippen LogP contribution is 2.45. The van der Waals surface area contributed by atoms with Crippen LogP contribution in [-0.4, -0.2) is 37.6 Å². The number of ether oxygens (including phenoxy) is 3. The third-order valence-electron chi connectivity index (χ3n) is 5.83. The fraction of sp³-hybridized carbons (Fsp3) is 0.185. The summed E-state index contributed by atoms with van der Waals surface area (Å²) in [5, 5.41) is 11.3. The summed E-state index contributed by atoms with van der Waals surface area (Å²) in [5.74, 6) is -5.16. The van der Waals surface area contributed by atoms with E-state index in [2.05, 4.69) is 0 Å². The second-order valence-electron chi connectivity index (χ2n) is 7.95. The van der Waals surface area contributed by atoms with Crippen molar-refractivity contribution in [2.45, 2.75) is 13.0 Å². The van der Waals surface area contributed by atoms with Gasteiger partial charge in [0, 0.05) is 6.07 Å². The predicted octanol–water partition coefficient (Wildman–Crippen LogP) is 5.15. The van der Waals surface area contributed by atoms with Crippen molar-refractivity contribution in [2.75, 3.05) is 25.7 Å². The first-order valence-electron chi connectivity index (χ1n) is 11.1. The first-order valence-corrected chi connectivity index (χ1v) is 11.1. The Labute approximate surface area is 210 Å². The number of anilines is 1. The Morgan fingerprint density at radius 1 is 0.892 bits per heavy atom. The van der Waals surface area contributed by atoms with Crippen LogP contribution < -0.4 is 19.1 Å². The van der Waals surface area contributed by atoms with Crippen molar-refractivity contribution in [1.82, 2.24) is 0 Å². The third kappa shape index (κ3) is 4.57. The summed E-state index contributed by atoms with van der Waals surface area (Å²) in [7, 11) is 2.71. The number of nitrogens with zero attached hydrogens (tertiary/aromatic N) is 1. The maximum absolute atomic E-state index is 14.9. The van der Waals surface area contributed by atoms with E-state index in [4.69, 9.17) is 14.2 Å². The molecule has 0 aliphatic carbocycles. The summed E-state index contributed by atoms with van der Waals surface area (Å²) in [6.45, 7) is 2.00. The number of hydrogen-bond donors (Lipinski definition) is 1. The molecule has 4 rings (SSSR count). The molecule has 0 aromatic heterocycles. The predicted molar refractivity (Wildman–Crippen MR) is 128 cm³/mol. The van der Waals surface area contributed by atoms with Crippen LogP contribution in [0.15, 0.2) is 60.2 Å². The number of rotatable bonds is 7. The molecule has 0 saturated carbocycles. The number of amides is 1. The van der Waals surface area contributed by atoms with Crippen molar-refractivity contribution in [3.63, 3.8) is 0 Å². The van der Waals surface area contributed by atoms with E-state index < -0.39 is 52.2 Å². The molecule has 192 valence electrons. The van der Waals surface area contributed by atoms with E-state index in [1.807, 2.05) is 0 Å². The molecule has 1 aliphatic rings. The number of aliphatic hydroxyl groups excluding tert-OH is 1. The summed E-state index contributed by atoms with van der Waals surface area (Å²) in [6.07, 6.45) is 0. The molecule has 0 bridgehead atoms. The Bertz CT molecular complexity index is 1420. The highest BCUT2D eigenvalue weighted by Gasteiger charge is 2.48. The lowest BCUT2D eigenvalue weighted by Gasteiger charge is -2.26. The number of ketones is 1. The molecule has 3 aromatic rings. The third-order valence-corrected chi connectivity index (χ3v) is 5.83. The van der Waals surface area contributed by atoms with Gasteiger partial charge >= 0.3 is 0 Å². The Morgan fingerprint density at radius 2 is 1.54 bits per heavy atom. The average molecular weight is 513 g/mol. The fourth-order valence-corrected chi connectivity index (χ4v) is 4.22. The summed E-state index contributed by atoms with van der Waals surface area (Å²) in [5.41, 5.74) is -0.800. The second-order valence-corrected chi connectivity index (χ2v) is 7.95. The monoisotopic (exact) mass is 513 g/mol. The highest BCUT2D eigenvalue weighted by molar-refractivity contribution is 6.51. The summed E-state index contributed by atoms with van der Waals surface area (Å²) in [4.78, 5) is 27.3. The molecule has 0 spiro atoms. The number of halogens is 3. The summed E-state index contributed by atoms with van der Waals surface area (Å²) >= 11 is 0. The molecule has 1 unspecified atom stereocenters. The van der Waals surface area contributed by atoms with Gasteiger partial charge < -0.3 is 19.3 Å². The molecule has 1 fully saturated rings. The van der Waals surface area contributed by atoms with E-state index in [0.29, 0.717) is 11.8 Å². The van der Waals surface area contributed by atoms with Crippen LogP contribution >= 0.6 is 0 Å². The summed E-state index contributed by atoms with van der Waals surface area (Å²) in [6, 6.07) is 8.90. The van der Waals surface area contributed by atoms with Gasteiger partial charge in [-0.1, -0.05) is 6.07 Å². The standard InChI is InChI=1S/C27H22F3NO6/c1-4-37-22-11-14(5-9-21(22)36-3)24-23(25(32)17-12-15(28)7-10-20(17)35-2)26(33)27(34)31(24)19-8-6-16(29)13-18(19)30/h5-13,24,32H,4H2,1-3H3/b25-23+. The molecule has 0 radical (unpaired) electrons. The van der Waals surface area contributed by atoms with Crippen LogP contribution in [0.5, 0.6) is 17.2 Å². The minimum atomic E-state index is -1.39. The zero-order valence-electron chi connectivity index (χ0n) is 20.1. The largest absolute Gasteiger partial charge is 0.507 e. The van der Waals surface area contributed by atoms with Crippen LogP contribution in [-0.2, 0) is 9.59 Å². The lowest BCUT2D eigenvalue weighted by atomic mass is 9.94. The first-order chi connectivity index (χ1) is 17.7. The fourth-order valence-electron chi connectivity index (χ4n) is 4.22. The van der Waals surface area contributed by atoms with Gasteiger partial charge in [0.25, 0.3) is 11.7 Å². The van der Waals surface area contributed by atoms with Crippen molar-refractivity contribution in [3.05, 3.63) is 88.7 Å². The van der Waals surface area contributed by atoms with E-state index in [1.165, 1.54) is 38.5 Å². The lowest BCUT2D eigenvalue weighted by molar-refractivity contribution is -0.132. The smallest absolute Gasteiger partial charge is 0.300 e. The molecule has 1 atom stereocenters. The lowest BCUT2D eigenvalue weighted by Crippen LogP contribution is -2.30. The van der Waals surface area contributed by atoms with E-state index >= 15 is 0 Å². The van der Waals surface area contributed by atoms with Gasteiger partial charge in [-0.2, -0.15) is 0 Å². The van der Waals surface area contributed by atoms with E-state index in [0.717, 1.165) is 29.2 Å². The first kappa shape index (κ1) is 25.6. The van der Waals surface area contributed by atoms with Gasteiger partial charge in [-0.05, 0) is 55.0 Å². The Morgan fingerprint density at radius 3 is 2.19 bits per heavy atom. The van der Waals surface area contributed by atoms with Crippen LogP contribution in [0, 0.1) is 17.5 Å². The van der Waals surface area contributed by atoms with Gasteiger partial charge in [0.2, 0.25) is 0 Å². The van der Waals surface area contributed by atoms with Crippen molar-refractivity contribution < 1.29 is 42.1 Å². The molecule has 1 amide bonds. The van der Waals surface area contributed by atoms with Gasteiger partial charge in [0.05, 0.1) is 43.7 Å². The number of Topliss-reactive ketones (excluding diaryl/α,β-unsaturated/α-hetero) is 1. The normalized spacial score (nSPS) is 16.7. The molecule has 3 aromatic carbocycles. The summed E-state index contributed by atoms with van der Waals surface area (Å²) < 4.78 is 58.8. The quantitative estimate of drug-likeness (QED) is 0.267. The zero-order valence-corrected chi connectivity index (χ0v) is 20.1. The maximum Gasteiger partial charge on any atom is 0.300 e. The zero-order chi connectivity index (χ0) is 26.9. The van der Waals surface area contributed by atoms with Crippen LogP contribution in [0.1, 0.15) is 24.1 Å². The number of hydrogen-bond acceptors (Lipinski definition) is 6. The molecule has 37 heavy (non-hydrogen) atoms. The average Bonchev–Trinajstić information content (AvgIpc) is 3.14. The molecular formula is C27H22F3NO6. The van der Waals surface area contributed by atoms with Crippen LogP contribution in [0.3, 0.4) is 0 Å². The molecular weight excluding hydrogens is 491 g/mol. The Balaban J connectivity index is 2.03. The van der Waals surface area contributed by atoms with Gasteiger partial charge in [0.15, 0.2) is 11.5 Å². The molecule has 1 N–H and O–H groups in total. The second kappa shape index (κ2) is 10.3. The van der Waals surface area contributed by atoms with Crippen molar-refractivity contribution in [2.24, 2.45) is 0 Å². The Kier molecular flexibility index (Phi) is 7.10. The number of carbonyl (C=O) groups is 2. The van der Waals surface area contributed by atoms with Crippen molar-refractivity contribution in [1.29, 1.82) is 0 Å². The van der Waals surface area contributed by atoms with Gasteiger partial charge in [0.1, 0.15) is 29.0 Å². The minimum Gasteiger partial charge on any atom is -0.507 e. The van der Waals surface area contributed by atoms with Gasteiger partial charge in [-0.25, -0.2) is 13.2 Å².